The summed E-state index contributed by atoms with van der Waals surface area (Å²) in [7, 11) is 0. The van der Waals surface area contributed by atoms with Gasteiger partial charge in [-0.2, -0.15) is 0 Å². The lowest BCUT2D eigenvalue weighted by Gasteiger charge is -2.44. The van der Waals surface area contributed by atoms with Crippen molar-refractivity contribution in [1.29, 1.82) is 0 Å². The maximum atomic E-state index is 5.72. The van der Waals surface area contributed by atoms with Crippen LogP contribution < -0.4 is 0 Å². The summed E-state index contributed by atoms with van der Waals surface area (Å²) in [6.07, 6.45) is 6.08. The number of nitrogens with zero attached hydrogens (tertiary/aromatic N) is 3. The highest BCUT2D eigenvalue weighted by molar-refractivity contribution is 14.1. The van der Waals surface area contributed by atoms with Gasteiger partial charge < -0.3 is 4.42 Å². The fourth-order valence-electron chi connectivity index (χ4n) is 5.77. The predicted molar refractivity (Wildman–Crippen MR) is 140 cm³/mol. The number of benzene rings is 2. The Hall–Kier alpha value is -2.67. The highest BCUT2D eigenvalue weighted by atomic mass is 127. The van der Waals surface area contributed by atoms with Crippen molar-refractivity contribution in [2.24, 2.45) is 10.9 Å². The van der Waals surface area contributed by atoms with Crippen molar-refractivity contribution < 1.29 is 4.42 Å². The van der Waals surface area contributed by atoms with Crippen LogP contribution in [0.2, 0.25) is 0 Å². The van der Waals surface area contributed by atoms with Crippen LogP contribution in [0.3, 0.4) is 0 Å². The van der Waals surface area contributed by atoms with Gasteiger partial charge in [-0.3, -0.25) is 9.56 Å². The summed E-state index contributed by atoms with van der Waals surface area (Å²) >= 11 is 2.43. The SMILES string of the molecule is CC1CC(C)(c2ccc3c(c2)C(c2ccccc2I)=N[C@H](C)c2c(-c4ccco4)ncn2-3)C1. The number of furan rings is 1. The average molecular weight is 547 g/mol. The third-order valence-electron chi connectivity index (χ3n) is 7.21. The molecule has 4 aromatic rings. The zero-order chi connectivity index (χ0) is 22.7. The van der Waals surface area contributed by atoms with E-state index in [1.54, 1.807) is 6.26 Å². The molecule has 3 heterocycles. The van der Waals surface area contributed by atoms with Crippen LogP contribution in [0.15, 0.2) is 76.6 Å². The second kappa shape index (κ2) is 7.69. The first-order valence-corrected chi connectivity index (χ1v) is 12.6. The Balaban J connectivity index is 1.61. The first-order chi connectivity index (χ1) is 15.9. The zero-order valence-corrected chi connectivity index (χ0v) is 21.2. The van der Waals surface area contributed by atoms with E-state index in [-0.39, 0.29) is 11.5 Å². The summed E-state index contributed by atoms with van der Waals surface area (Å²) in [5.74, 6) is 1.56. The molecule has 33 heavy (non-hydrogen) atoms. The molecule has 0 amide bonds. The van der Waals surface area contributed by atoms with Crippen LogP contribution in [0, 0.1) is 9.49 Å². The van der Waals surface area contributed by atoms with E-state index in [4.69, 9.17) is 14.4 Å². The van der Waals surface area contributed by atoms with Crippen molar-refractivity contribution >= 4 is 28.3 Å². The number of halogens is 1. The number of rotatable bonds is 3. The van der Waals surface area contributed by atoms with Gasteiger partial charge in [-0.25, -0.2) is 4.98 Å². The molecule has 1 saturated carbocycles. The van der Waals surface area contributed by atoms with Gasteiger partial charge in [0, 0.05) is 14.7 Å². The molecule has 1 atom stereocenters. The van der Waals surface area contributed by atoms with E-state index in [0.717, 1.165) is 34.5 Å². The third-order valence-corrected chi connectivity index (χ3v) is 8.15. The fraction of sp³-hybridized carbons (Fsp3) is 0.286. The van der Waals surface area contributed by atoms with Crippen LogP contribution in [0.4, 0.5) is 0 Å². The van der Waals surface area contributed by atoms with E-state index in [2.05, 4.69) is 90.4 Å². The fourth-order valence-corrected chi connectivity index (χ4v) is 6.41. The molecule has 2 aromatic carbocycles. The Bertz CT molecular complexity index is 1380. The van der Waals surface area contributed by atoms with Crippen LogP contribution in [-0.2, 0) is 5.41 Å². The minimum absolute atomic E-state index is 0.0752. The normalized spacial score (nSPS) is 23.8. The Labute approximate surface area is 207 Å². The lowest BCUT2D eigenvalue weighted by atomic mass is 9.60. The highest BCUT2D eigenvalue weighted by Crippen LogP contribution is 2.48. The van der Waals surface area contributed by atoms with Crippen LogP contribution >= 0.6 is 22.6 Å². The minimum atomic E-state index is -0.0752. The van der Waals surface area contributed by atoms with Crippen molar-refractivity contribution in [1.82, 2.24) is 9.55 Å². The molecular weight excluding hydrogens is 521 g/mol. The molecule has 0 N–H and O–H groups in total. The Morgan fingerprint density at radius 3 is 2.58 bits per heavy atom. The monoisotopic (exact) mass is 547 g/mol. The van der Waals surface area contributed by atoms with E-state index in [1.165, 1.54) is 33.1 Å². The number of aromatic nitrogens is 2. The Morgan fingerprint density at radius 1 is 1.03 bits per heavy atom. The molecule has 2 aliphatic rings. The van der Waals surface area contributed by atoms with E-state index in [0.29, 0.717) is 0 Å². The first kappa shape index (κ1) is 20.9. The van der Waals surface area contributed by atoms with Crippen molar-refractivity contribution in [3.05, 3.63) is 93.1 Å². The van der Waals surface area contributed by atoms with Crippen molar-refractivity contribution in [3.8, 4) is 17.1 Å². The molecule has 0 bridgehead atoms. The minimum Gasteiger partial charge on any atom is -0.463 e. The lowest BCUT2D eigenvalue weighted by molar-refractivity contribution is 0.178. The van der Waals surface area contributed by atoms with Gasteiger partial charge in [0.2, 0.25) is 0 Å². The van der Waals surface area contributed by atoms with Crippen LogP contribution in [-0.4, -0.2) is 15.3 Å². The summed E-state index contributed by atoms with van der Waals surface area (Å²) < 4.78 is 9.14. The number of hydrogen-bond acceptors (Lipinski definition) is 3. The van der Waals surface area contributed by atoms with Crippen LogP contribution in [0.1, 0.15) is 62.0 Å². The molecular formula is C28H26IN3O. The van der Waals surface area contributed by atoms with Gasteiger partial charge in [0.25, 0.3) is 0 Å². The molecule has 0 saturated heterocycles. The second-order valence-corrected chi connectivity index (χ2v) is 10.9. The van der Waals surface area contributed by atoms with Crippen molar-refractivity contribution in [2.45, 2.75) is 45.1 Å². The maximum absolute atomic E-state index is 5.72. The number of hydrogen-bond donors (Lipinski definition) is 0. The molecule has 4 nitrogen and oxygen atoms in total. The second-order valence-electron chi connectivity index (χ2n) is 9.77. The molecule has 2 aromatic heterocycles. The summed E-state index contributed by atoms with van der Waals surface area (Å²) in [6.45, 7) is 6.90. The van der Waals surface area contributed by atoms with Gasteiger partial charge in [-0.05, 0) is 89.6 Å². The largest absolute Gasteiger partial charge is 0.463 e. The molecule has 0 radical (unpaired) electrons. The Morgan fingerprint density at radius 2 is 1.85 bits per heavy atom. The number of fused-ring (bicyclic) bond motifs is 3. The van der Waals surface area contributed by atoms with Gasteiger partial charge in [-0.1, -0.05) is 38.1 Å². The van der Waals surface area contributed by atoms with Gasteiger partial charge in [-0.15, -0.1) is 0 Å². The van der Waals surface area contributed by atoms with Gasteiger partial charge in [0.05, 0.1) is 29.4 Å². The highest BCUT2D eigenvalue weighted by Gasteiger charge is 2.40. The summed E-state index contributed by atoms with van der Waals surface area (Å²) in [4.78, 5) is 10.1. The average Bonchev–Trinajstić information content (AvgIpc) is 3.44. The molecule has 166 valence electrons. The molecule has 1 aliphatic carbocycles. The van der Waals surface area contributed by atoms with Gasteiger partial charge in [0.1, 0.15) is 12.0 Å². The first-order valence-electron chi connectivity index (χ1n) is 11.5. The van der Waals surface area contributed by atoms with Crippen LogP contribution in [0.25, 0.3) is 17.1 Å². The zero-order valence-electron chi connectivity index (χ0n) is 19.0. The molecule has 0 spiro atoms. The van der Waals surface area contributed by atoms with Gasteiger partial charge >= 0.3 is 0 Å². The van der Waals surface area contributed by atoms with E-state index >= 15 is 0 Å². The Kier molecular flexibility index (Phi) is 4.87. The predicted octanol–water partition coefficient (Wildman–Crippen LogP) is 7.34. The molecule has 6 rings (SSSR count). The smallest absolute Gasteiger partial charge is 0.154 e. The summed E-state index contributed by atoms with van der Waals surface area (Å²) in [5.41, 5.74) is 8.07. The van der Waals surface area contributed by atoms with E-state index in [9.17, 15) is 0 Å². The summed E-state index contributed by atoms with van der Waals surface area (Å²) in [5, 5.41) is 0. The standard InChI is InChI=1S/C28H26IN3O/c1-17-14-28(3,15-17)19-10-11-23-21(13-19)25(20-7-4-5-8-22(20)29)31-18(2)27-26(30-16-32(23)27)24-9-6-12-33-24/h4-13,16-18H,14-15H2,1-3H3/t17?,18-,28?/m1/s1. The third kappa shape index (κ3) is 3.31. The van der Waals surface area contributed by atoms with E-state index < -0.39 is 0 Å². The molecule has 0 unspecified atom stereocenters. The maximum Gasteiger partial charge on any atom is 0.154 e. The summed E-state index contributed by atoms with van der Waals surface area (Å²) in [6, 6.07) is 19.3. The number of imidazole rings is 1. The molecule has 5 heteroatoms. The molecule has 1 fully saturated rings. The lowest BCUT2D eigenvalue weighted by Crippen LogP contribution is -2.37. The van der Waals surface area contributed by atoms with Gasteiger partial charge in [0.15, 0.2) is 5.76 Å². The van der Waals surface area contributed by atoms with E-state index in [1.807, 2.05) is 18.5 Å². The quantitative estimate of drug-likeness (QED) is 0.252. The van der Waals surface area contributed by atoms with Crippen molar-refractivity contribution in [2.75, 3.05) is 0 Å². The van der Waals surface area contributed by atoms with Crippen LogP contribution in [0.5, 0.6) is 0 Å². The number of aliphatic imine (C=N–C) groups is 1. The topological polar surface area (TPSA) is 43.3 Å². The van der Waals surface area contributed by atoms with Crippen molar-refractivity contribution in [3.63, 3.8) is 0 Å². The molecule has 1 aliphatic heterocycles.